The van der Waals surface area contributed by atoms with Gasteiger partial charge in [-0.2, -0.15) is 0 Å². The van der Waals surface area contributed by atoms with Crippen molar-refractivity contribution in [2.24, 2.45) is 5.16 Å². The third-order valence-corrected chi connectivity index (χ3v) is 4.47. The first-order chi connectivity index (χ1) is 12.2. The monoisotopic (exact) mass is 354 g/mol. The number of hydrogen-bond donors (Lipinski definition) is 1. The number of oxime groups is 1. The maximum absolute atomic E-state index is 12.8. The highest BCUT2D eigenvalue weighted by Gasteiger charge is 2.03. The first-order valence-electron chi connectivity index (χ1n) is 7.60. The molecule has 0 saturated heterocycles. The van der Waals surface area contributed by atoms with Crippen LogP contribution in [0.2, 0.25) is 0 Å². The minimum Gasteiger partial charge on any atom is -0.298 e. The minimum absolute atomic E-state index is 0.372. The highest BCUT2D eigenvalue weighted by atomic mass is 32.1. The summed E-state index contributed by atoms with van der Waals surface area (Å²) in [6, 6.07) is 19.6. The van der Waals surface area contributed by atoms with Crippen LogP contribution in [0.5, 0.6) is 0 Å². The van der Waals surface area contributed by atoms with Crippen molar-refractivity contribution in [2.75, 3.05) is 5.32 Å². The Morgan fingerprint density at radius 2 is 1.84 bits per heavy atom. The fraction of sp³-hybridized carbons (Fsp3) is 0.0526. The lowest BCUT2D eigenvalue weighted by molar-refractivity contribution is 0.167. The van der Waals surface area contributed by atoms with Crippen molar-refractivity contribution in [2.45, 2.75) is 6.42 Å². The van der Waals surface area contributed by atoms with Gasteiger partial charge >= 0.3 is 6.09 Å². The van der Waals surface area contributed by atoms with Crippen molar-refractivity contribution < 1.29 is 14.0 Å². The topological polar surface area (TPSA) is 50.7 Å². The Labute approximate surface area is 148 Å². The van der Waals surface area contributed by atoms with Crippen LogP contribution in [0.25, 0.3) is 10.4 Å². The van der Waals surface area contributed by atoms with Crippen LogP contribution in [-0.4, -0.2) is 12.3 Å². The molecule has 0 aliphatic carbocycles. The van der Waals surface area contributed by atoms with Gasteiger partial charge in [0.15, 0.2) is 0 Å². The number of amides is 1. The van der Waals surface area contributed by atoms with Gasteiger partial charge < -0.3 is 0 Å². The molecule has 6 heteroatoms. The van der Waals surface area contributed by atoms with Crippen LogP contribution in [-0.2, 0) is 11.3 Å². The summed E-state index contributed by atoms with van der Waals surface area (Å²) < 4.78 is 12.8. The lowest BCUT2D eigenvalue weighted by Gasteiger charge is -2.01. The van der Waals surface area contributed by atoms with Crippen LogP contribution < -0.4 is 5.32 Å². The van der Waals surface area contributed by atoms with Gasteiger partial charge in [-0.3, -0.25) is 10.2 Å². The Morgan fingerprint density at radius 1 is 1.08 bits per heavy atom. The molecule has 0 saturated carbocycles. The van der Waals surface area contributed by atoms with E-state index in [9.17, 15) is 9.18 Å². The van der Waals surface area contributed by atoms with E-state index in [4.69, 9.17) is 4.84 Å². The van der Waals surface area contributed by atoms with E-state index in [1.807, 2.05) is 24.3 Å². The summed E-state index contributed by atoms with van der Waals surface area (Å²) in [6.45, 7) is 0. The Kier molecular flexibility index (Phi) is 5.53. The van der Waals surface area contributed by atoms with Gasteiger partial charge in [-0.05, 0) is 42.0 Å². The van der Waals surface area contributed by atoms with Crippen molar-refractivity contribution in [1.29, 1.82) is 0 Å². The average Bonchev–Trinajstić information content (AvgIpc) is 3.10. The second-order valence-corrected chi connectivity index (χ2v) is 6.30. The molecule has 126 valence electrons. The summed E-state index contributed by atoms with van der Waals surface area (Å²) >= 11 is 1.67. The summed E-state index contributed by atoms with van der Waals surface area (Å²) in [6.07, 6.45) is 1.38. The molecule has 0 aliphatic rings. The van der Waals surface area contributed by atoms with Crippen molar-refractivity contribution >= 4 is 29.3 Å². The van der Waals surface area contributed by atoms with Crippen molar-refractivity contribution in [1.82, 2.24) is 0 Å². The zero-order valence-corrected chi connectivity index (χ0v) is 14.0. The summed E-state index contributed by atoms with van der Waals surface area (Å²) in [7, 11) is 0. The molecule has 0 aliphatic heterocycles. The number of thiophene rings is 1. The second-order valence-electron chi connectivity index (χ2n) is 5.13. The van der Waals surface area contributed by atoms with Gasteiger partial charge in [-0.25, -0.2) is 9.18 Å². The third-order valence-electron chi connectivity index (χ3n) is 3.31. The number of anilines is 1. The highest BCUT2D eigenvalue weighted by Crippen LogP contribution is 2.27. The molecule has 1 amide bonds. The quantitative estimate of drug-likeness (QED) is 0.382. The molecule has 2 aromatic carbocycles. The first kappa shape index (κ1) is 16.9. The number of carbonyl (C=O) groups excluding carboxylic acids is 1. The Hall–Kier alpha value is -2.99. The van der Waals surface area contributed by atoms with Crippen LogP contribution >= 0.6 is 11.3 Å². The van der Waals surface area contributed by atoms with Gasteiger partial charge in [0.1, 0.15) is 5.82 Å². The van der Waals surface area contributed by atoms with E-state index in [-0.39, 0.29) is 5.82 Å². The van der Waals surface area contributed by atoms with Gasteiger partial charge in [0.25, 0.3) is 0 Å². The first-order valence-corrected chi connectivity index (χ1v) is 8.42. The largest absolute Gasteiger partial charge is 0.437 e. The van der Waals surface area contributed by atoms with Crippen LogP contribution in [0, 0.1) is 5.82 Å². The standard InChI is InChI=1S/C19H15FN2O2S/c20-15-6-8-16(9-7-15)22-19(23)24-21-13-12-17-10-11-18(25-17)14-4-2-1-3-5-14/h1-11,13H,12H2,(H,22,23). The molecular weight excluding hydrogens is 339 g/mol. The van der Waals surface area contributed by atoms with Gasteiger partial charge in [0.2, 0.25) is 0 Å². The molecule has 1 heterocycles. The number of hydrogen-bond acceptors (Lipinski definition) is 4. The van der Waals surface area contributed by atoms with E-state index in [2.05, 4.69) is 28.7 Å². The van der Waals surface area contributed by atoms with E-state index in [0.717, 1.165) is 4.88 Å². The minimum atomic E-state index is -0.723. The summed E-state index contributed by atoms with van der Waals surface area (Å²) in [4.78, 5) is 18.6. The van der Waals surface area contributed by atoms with E-state index in [1.54, 1.807) is 11.3 Å². The van der Waals surface area contributed by atoms with Gasteiger partial charge in [-0.15, -0.1) is 11.3 Å². The van der Waals surface area contributed by atoms with Crippen molar-refractivity contribution in [3.63, 3.8) is 0 Å². The van der Waals surface area contributed by atoms with Crippen LogP contribution in [0.15, 0.2) is 71.9 Å². The number of carbonyl (C=O) groups is 1. The summed E-state index contributed by atoms with van der Waals surface area (Å²) in [5, 5.41) is 6.11. The van der Waals surface area contributed by atoms with Crippen LogP contribution in [0.4, 0.5) is 14.9 Å². The molecular formula is C19H15FN2O2S. The fourth-order valence-corrected chi connectivity index (χ4v) is 3.10. The molecule has 0 unspecified atom stereocenters. The fourth-order valence-electron chi connectivity index (χ4n) is 2.13. The van der Waals surface area contributed by atoms with Crippen molar-refractivity contribution in [3.05, 3.63) is 77.4 Å². The lowest BCUT2D eigenvalue weighted by atomic mass is 10.2. The zero-order chi connectivity index (χ0) is 17.5. The SMILES string of the molecule is O=C(Nc1ccc(F)cc1)ON=CCc1ccc(-c2ccccc2)s1. The van der Waals surface area contributed by atoms with Gasteiger partial charge in [-0.1, -0.05) is 35.5 Å². The van der Waals surface area contributed by atoms with E-state index in [0.29, 0.717) is 12.1 Å². The molecule has 1 N–H and O–H groups in total. The van der Waals surface area contributed by atoms with Crippen LogP contribution in [0.3, 0.4) is 0 Å². The Bertz CT molecular complexity index is 861. The molecule has 1 aromatic heterocycles. The van der Waals surface area contributed by atoms with Crippen LogP contribution in [0.1, 0.15) is 4.88 Å². The molecule has 3 aromatic rings. The molecule has 0 bridgehead atoms. The number of rotatable bonds is 5. The molecule has 4 nitrogen and oxygen atoms in total. The lowest BCUT2D eigenvalue weighted by Crippen LogP contribution is -2.10. The number of nitrogens with one attached hydrogen (secondary N) is 1. The predicted molar refractivity (Wildman–Crippen MR) is 98.5 cm³/mol. The van der Waals surface area contributed by atoms with Gasteiger partial charge in [0, 0.05) is 28.1 Å². The Balaban J connectivity index is 1.48. The molecule has 0 spiro atoms. The average molecular weight is 354 g/mol. The molecule has 0 radical (unpaired) electrons. The number of benzene rings is 2. The summed E-state index contributed by atoms with van der Waals surface area (Å²) in [5.74, 6) is -0.372. The molecule has 3 rings (SSSR count). The van der Waals surface area contributed by atoms with E-state index < -0.39 is 6.09 Å². The third kappa shape index (κ3) is 4.99. The maximum atomic E-state index is 12.8. The molecule has 25 heavy (non-hydrogen) atoms. The smallest absolute Gasteiger partial charge is 0.298 e. The van der Waals surface area contributed by atoms with E-state index >= 15 is 0 Å². The van der Waals surface area contributed by atoms with Gasteiger partial charge in [0.05, 0.1) is 0 Å². The van der Waals surface area contributed by atoms with Crippen molar-refractivity contribution in [3.8, 4) is 10.4 Å². The van der Waals surface area contributed by atoms with E-state index in [1.165, 1.54) is 40.9 Å². The molecule has 0 fully saturated rings. The molecule has 0 atom stereocenters. The second kappa shape index (κ2) is 8.21. The predicted octanol–water partition coefficient (Wildman–Crippen LogP) is 5.33. The summed E-state index contributed by atoms with van der Waals surface area (Å²) in [5.41, 5.74) is 1.61. The maximum Gasteiger partial charge on any atom is 0.437 e. The zero-order valence-electron chi connectivity index (χ0n) is 13.2. The Morgan fingerprint density at radius 3 is 2.60 bits per heavy atom. The number of nitrogens with zero attached hydrogens (tertiary/aromatic N) is 1. The highest BCUT2D eigenvalue weighted by molar-refractivity contribution is 7.15. The normalized spacial score (nSPS) is 10.8. The number of halogens is 1.